The van der Waals surface area contributed by atoms with Crippen LogP contribution in [-0.2, 0) is 4.79 Å². The van der Waals surface area contributed by atoms with Crippen LogP contribution in [0.25, 0.3) is 0 Å². The lowest BCUT2D eigenvalue weighted by Crippen LogP contribution is -2.23. The minimum absolute atomic E-state index is 0.243. The molecule has 0 aromatic rings. The van der Waals surface area contributed by atoms with Gasteiger partial charge in [-0.15, -0.1) is 0 Å². The van der Waals surface area contributed by atoms with Gasteiger partial charge in [0.15, 0.2) is 0 Å². The van der Waals surface area contributed by atoms with Gasteiger partial charge in [-0.2, -0.15) is 0 Å². The van der Waals surface area contributed by atoms with Crippen LogP contribution < -0.4 is 5.11 Å². The SMILES string of the molecule is C=C(CCCCCCCCCCCCCC)C(=O)[O-]. The second-order valence-electron chi connectivity index (χ2n) is 5.53. The van der Waals surface area contributed by atoms with Crippen molar-refractivity contribution in [1.29, 1.82) is 0 Å². The third-order valence-electron chi connectivity index (χ3n) is 3.62. The zero-order valence-corrected chi connectivity index (χ0v) is 12.7. The van der Waals surface area contributed by atoms with Crippen molar-refractivity contribution < 1.29 is 9.90 Å². The standard InChI is InChI=1S/C17H32O2/c1-3-4-5-6-7-8-9-10-11-12-13-14-15-16(2)17(18)19/h2-15H2,1H3,(H,18,19)/p-1. The first kappa shape index (κ1) is 18.2. The van der Waals surface area contributed by atoms with Crippen molar-refractivity contribution in [2.24, 2.45) is 0 Å². The Hall–Kier alpha value is -0.790. The lowest BCUT2D eigenvalue weighted by molar-refractivity contribution is -0.299. The Labute approximate surface area is 119 Å². The van der Waals surface area contributed by atoms with Crippen molar-refractivity contribution >= 4 is 5.97 Å². The molecule has 112 valence electrons. The van der Waals surface area contributed by atoms with Gasteiger partial charge in [0.2, 0.25) is 0 Å². The van der Waals surface area contributed by atoms with Crippen LogP contribution in [0.5, 0.6) is 0 Å². The first-order chi connectivity index (χ1) is 9.18. The van der Waals surface area contributed by atoms with Crippen molar-refractivity contribution in [3.63, 3.8) is 0 Å². The average molecular weight is 267 g/mol. The average Bonchev–Trinajstić information content (AvgIpc) is 2.39. The lowest BCUT2D eigenvalue weighted by atomic mass is 10.0. The Bertz CT molecular complexity index is 233. The minimum atomic E-state index is -1.09. The van der Waals surface area contributed by atoms with Crippen LogP contribution in [0.2, 0.25) is 0 Å². The van der Waals surface area contributed by atoms with E-state index in [4.69, 9.17) is 0 Å². The highest BCUT2D eigenvalue weighted by molar-refractivity contribution is 5.83. The second kappa shape index (κ2) is 13.6. The van der Waals surface area contributed by atoms with Gasteiger partial charge in [-0.3, -0.25) is 0 Å². The zero-order valence-electron chi connectivity index (χ0n) is 12.7. The molecular weight excluding hydrogens is 236 g/mol. The van der Waals surface area contributed by atoms with Gasteiger partial charge in [-0.05, 0) is 18.4 Å². The number of carboxylic acids is 1. The van der Waals surface area contributed by atoms with Gasteiger partial charge in [0, 0.05) is 0 Å². The van der Waals surface area contributed by atoms with E-state index in [1.165, 1.54) is 64.2 Å². The molecule has 0 aromatic carbocycles. The van der Waals surface area contributed by atoms with Crippen molar-refractivity contribution in [1.82, 2.24) is 0 Å². The van der Waals surface area contributed by atoms with Gasteiger partial charge in [-0.1, -0.05) is 84.1 Å². The first-order valence-corrected chi connectivity index (χ1v) is 8.07. The van der Waals surface area contributed by atoms with E-state index in [0.29, 0.717) is 6.42 Å². The fourth-order valence-electron chi connectivity index (χ4n) is 2.28. The summed E-state index contributed by atoms with van der Waals surface area (Å²) in [5.74, 6) is -1.09. The van der Waals surface area contributed by atoms with Crippen molar-refractivity contribution in [3.8, 4) is 0 Å². The third kappa shape index (κ3) is 13.4. The van der Waals surface area contributed by atoms with E-state index in [9.17, 15) is 9.90 Å². The summed E-state index contributed by atoms with van der Waals surface area (Å²) in [4.78, 5) is 10.4. The Morgan fingerprint density at radius 3 is 1.53 bits per heavy atom. The van der Waals surface area contributed by atoms with Crippen LogP contribution in [0.3, 0.4) is 0 Å². The van der Waals surface area contributed by atoms with Crippen molar-refractivity contribution in [2.75, 3.05) is 0 Å². The molecule has 0 radical (unpaired) electrons. The summed E-state index contributed by atoms with van der Waals surface area (Å²) in [7, 11) is 0. The van der Waals surface area contributed by atoms with Gasteiger partial charge in [0.1, 0.15) is 0 Å². The summed E-state index contributed by atoms with van der Waals surface area (Å²) < 4.78 is 0. The van der Waals surface area contributed by atoms with E-state index in [0.717, 1.165) is 12.8 Å². The molecule has 0 fully saturated rings. The summed E-state index contributed by atoms with van der Waals surface area (Å²) in [6, 6.07) is 0. The van der Waals surface area contributed by atoms with E-state index in [1.54, 1.807) is 0 Å². The highest BCUT2D eigenvalue weighted by atomic mass is 16.4. The quantitative estimate of drug-likeness (QED) is 0.346. The lowest BCUT2D eigenvalue weighted by Gasteiger charge is -2.06. The Morgan fingerprint density at radius 2 is 1.16 bits per heavy atom. The summed E-state index contributed by atoms with van der Waals surface area (Å²) in [6.07, 6.45) is 16.1. The fraction of sp³-hybridized carbons (Fsp3) is 0.824. The second-order valence-corrected chi connectivity index (χ2v) is 5.53. The maximum Gasteiger partial charge on any atom is 0.0668 e. The van der Waals surface area contributed by atoms with Crippen LogP contribution in [0, 0.1) is 0 Å². The van der Waals surface area contributed by atoms with E-state index in [-0.39, 0.29) is 5.57 Å². The minimum Gasteiger partial charge on any atom is -0.545 e. The molecule has 2 heteroatoms. The highest BCUT2D eigenvalue weighted by Gasteiger charge is 1.96. The van der Waals surface area contributed by atoms with E-state index >= 15 is 0 Å². The molecule has 0 rings (SSSR count). The molecule has 0 atom stereocenters. The number of aliphatic carboxylic acids is 1. The predicted molar refractivity (Wildman–Crippen MR) is 79.8 cm³/mol. The molecule has 0 heterocycles. The number of carboxylic acid groups (broad SMARTS) is 1. The third-order valence-corrected chi connectivity index (χ3v) is 3.62. The number of carbonyl (C=O) groups excluding carboxylic acids is 1. The van der Waals surface area contributed by atoms with Crippen LogP contribution in [0.15, 0.2) is 12.2 Å². The van der Waals surface area contributed by atoms with Crippen molar-refractivity contribution in [2.45, 2.75) is 90.4 Å². The van der Waals surface area contributed by atoms with Gasteiger partial charge >= 0.3 is 0 Å². The molecule has 0 aromatic heterocycles. The molecule has 2 nitrogen and oxygen atoms in total. The Balaban J connectivity index is 3.07. The largest absolute Gasteiger partial charge is 0.545 e. The van der Waals surface area contributed by atoms with Gasteiger partial charge in [0.05, 0.1) is 5.97 Å². The number of rotatable bonds is 14. The first-order valence-electron chi connectivity index (χ1n) is 8.07. The molecule has 0 bridgehead atoms. The molecule has 0 aliphatic carbocycles. The van der Waals surface area contributed by atoms with Crippen LogP contribution >= 0.6 is 0 Å². The molecule has 0 saturated carbocycles. The topological polar surface area (TPSA) is 40.1 Å². The van der Waals surface area contributed by atoms with Gasteiger partial charge < -0.3 is 9.90 Å². The molecule has 0 unspecified atom stereocenters. The summed E-state index contributed by atoms with van der Waals surface area (Å²) >= 11 is 0. The molecule has 0 N–H and O–H groups in total. The molecule has 0 saturated heterocycles. The number of hydrogen-bond acceptors (Lipinski definition) is 2. The van der Waals surface area contributed by atoms with Gasteiger partial charge in [0.25, 0.3) is 0 Å². The monoisotopic (exact) mass is 267 g/mol. The molecular formula is C17H31O2-. The van der Waals surface area contributed by atoms with Gasteiger partial charge in [-0.25, -0.2) is 0 Å². The summed E-state index contributed by atoms with van der Waals surface area (Å²) in [6.45, 7) is 5.73. The highest BCUT2D eigenvalue weighted by Crippen LogP contribution is 2.13. The van der Waals surface area contributed by atoms with E-state index in [2.05, 4.69) is 13.5 Å². The van der Waals surface area contributed by atoms with Crippen LogP contribution in [-0.4, -0.2) is 5.97 Å². The molecule has 19 heavy (non-hydrogen) atoms. The fourth-order valence-corrected chi connectivity index (χ4v) is 2.28. The molecule has 0 aliphatic rings. The maximum atomic E-state index is 10.4. The molecule has 0 amide bonds. The zero-order chi connectivity index (χ0) is 14.3. The number of unbranched alkanes of at least 4 members (excludes halogenated alkanes) is 11. The Kier molecular flexibility index (Phi) is 13.1. The molecule has 0 aliphatic heterocycles. The van der Waals surface area contributed by atoms with Crippen LogP contribution in [0.1, 0.15) is 90.4 Å². The number of carbonyl (C=O) groups is 1. The van der Waals surface area contributed by atoms with E-state index < -0.39 is 5.97 Å². The summed E-state index contributed by atoms with van der Waals surface area (Å²) in [5.41, 5.74) is 0.243. The van der Waals surface area contributed by atoms with Crippen LogP contribution in [0.4, 0.5) is 0 Å². The molecule has 0 spiro atoms. The maximum absolute atomic E-state index is 10.4. The smallest absolute Gasteiger partial charge is 0.0668 e. The predicted octanol–water partition coefficient (Wildman–Crippen LogP) is 4.38. The van der Waals surface area contributed by atoms with Crippen molar-refractivity contribution in [3.05, 3.63) is 12.2 Å². The van der Waals surface area contributed by atoms with E-state index in [1.807, 2.05) is 0 Å². The normalized spacial score (nSPS) is 10.6. The number of hydrogen-bond donors (Lipinski definition) is 0. The summed E-state index contributed by atoms with van der Waals surface area (Å²) in [5, 5.41) is 10.4. The Morgan fingerprint density at radius 1 is 0.789 bits per heavy atom.